The predicted octanol–water partition coefficient (Wildman–Crippen LogP) is 1.49. The molecular formula is C12H21NO3. The van der Waals surface area contributed by atoms with Crippen LogP contribution < -0.4 is 0 Å². The molecule has 16 heavy (non-hydrogen) atoms. The van der Waals surface area contributed by atoms with Crippen molar-refractivity contribution in [2.45, 2.75) is 50.7 Å². The molecule has 0 bridgehead atoms. The fourth-order valence-corrected chi connectivity index (χ4v) is 2.98. The van der Waals surface area contributed by atoms with Crippen molar-refractivity contribution in [3.05, 3.63) is 0 Å². The van der Waals surface area contributed by atoms with E-state index in [4.69, 9.17) is 4.74 Å². The van der Waals surface area contributed by atoms with E-state index in [-0.39, 0.29) is 6.10 Å². The lowest BCUT2D eigenvalue weighted by atomic mass is 9.94. The molecule has 1 saturated carbocycles. The van der Waals surface area contributed by atoms with Gasteiger partial charge in [-0.25, -0.2) is 0 Å². The van der Waals surface area contributed by atoms with Gasteiger partial charge in [0.15, 0.2) is 0 Å². The first-order chi connectivity index (χ1) is 7.69. The lowest BCUT2D eigenvalue weighted by Crippen LogP contribution is -2.58. The van der Waals surface area contributed by atoms with Gasteiger partial charge in [0, 0.05) is 13.1 Å². The van der Waals surface area contributed by atoms with Crippen LogP contribution in [0.2, 0.25) is 0 Å². The smallest absolute Gasteiger partial charge is 0.324 e. The highest BCUT2D eigenvalue weighted by Gasteiger charge is 2.47. The summed E-state index contributed by atoms with van der Waals surface area (Å²) in [5, 5.41) is 9.49. The molecule has 92 valence electrons. The molecule has 0 spiro atoms. The number of morpholine rings is 1. The molecule has 0 amide bonds. The van der Waals surface area contributed by atoms with Crippen LogP contribution in [0, 0.1) is 0 Å². The summed E-state index contributed by atoms with van der Waals surface area (Å²) in [5.41, 5.74) is -0.586. The van der Waals surface area contributed by atoms with Crippen LogP contribution in [0.5, 0.6) is 0 Å². The Morgan fingerprint density at radius 3 is 2.75 bits per heavy atom. The lowest BCUT2D eigenvalue weighted by molar-refractivity contribution is -0.157. The van der Waals surface area contributed by atoms with Gasteiger partial charge < -0.3 is 9.84 Å². The number of aliphatic carboxylic acids is 1. The summed E-state index contributed by atoms with van der Waals surface area (Å²) in [4.78, 5) is 13.7. The van der Waals surface area contributed by atoms with Crippen LogP contribution in [0.4, 0.5) is 0 Å². The SMILES string of the molecule is CCC1CN(C2(C(=O)O)CCCC2)CCO1. The van der Waals surface area contributed by atoms with Crippen LogP contribution in [0.1, 0.15) is 39.0 Å². The van der Waals surface area contributed by atoms with Gasteiger partial charge in [-0.05, 0) is 19.3 Å². The molecule has 1 heterocycles. The van der Waals surface area contributed by atoms with E-state index < -0.39 is 11.5 Å². The Morgan fingerprint density at radius 2 is 2.19 bits per heavy atom. The first-order valence-corrected chi connectivity index (χ1v) is 6.29. The minimum atomic E-state index is -0.637. The molecule has 1 saturated heterocycles. The predicted molar refractivity (Wildman–Crippen MR) is 60.4 cm³/mol. The third kappa shape index (κ3) is 1.96. The van der Waals surface area contributed by atoms with Crippen LogP contribution in [-0.4, -0.2) is 47.3 Å². The zero-order valence-corrected chi connectivity index (χ0v) is 9.95. The molecular weight excluding hydrogens is 206 g/mol. The number of rotatable bonds is 3. The van der Waals surface area contributed by atoms with E-state index in [1.54, 1.807) is 0 Å². The third-order valence-electron chi connectivity index (χ3n) is 4.03. The summed E-state index contributed by atoms with van der Waals surface area (Å²) in [6.45, 7) is 4.31. The van der Waals surface area contributed by atoms with Crippen molar-refractivity contribution in [1.29, 1.82) is 0 Å². The van der Waals surface area contributed by atoms with Crippen molar-refractivity contribution in [3.8, 4) is 0 Å². The number of nitrogens with zero attached hydrogens (tertiary/aromatic N) is 1. The van der Waals surface area contributed by atoms with E-state index in [0.717, 1.165) is 45.2 Å². The quantitative estimate of drug-likeness (QED) is 0.793. The van der Waals surface area contributed by atoms with Crippen LogP contribution in [0.15, 0.2) is 0 Å². The summed E-state index contributed by atoms with van der Waals surface area (Å²) in [6.07, 6.45) is 4.87. The van der Waals surface area contributed by atoms with Crippen molar-refractivity contribution in [2.75, 3.05) is 19.7 Å². The number of hydrogen-bond donors (Lipinski definition) is 1. The maximum atomic E-state index is 11.5. The van der Waals surface area contributed by atoms with Crippen molar-refractivity contribution >= 4 is 5.97 Å². The first-order valence-electron chi connectivity index (χ1n) is 6.29. The van der Waals surface area contributed by atoms with Crippen molar-refractivity contribution < 1.29 is 14.6 Å². The molecule has 2 fully saturated rings. The number of carbonyl (C=O) groups is 1. The highest BCUT2D eigenvalue weighted by molar-refractivity contribution is 5.79. The summed E-state index contributed by atoms with van der Waals surface area (Å²) < 4.78 is 5.61. The normalized spacial score (nSPS) is 30.4. The van der Waals surface area contributed by atoms with E-state index in [9.17, 15) is 9.90 Å². The molecule has 1 N–H and O–H groups in total. The van der Waals surface area contributed by atoms with E-state index in [0.29, 0.717) is 6.61 Å². The van der Waals surface area contributed by atoms with Gasteiger partial charge in [-0.15, -0.1) is 0 Å². The van der Waals surface area contributed by atoms with Crippen LogP contribution in [-0.2, 0) is 9.53 Å². The summed E-state index contributed by atoms with van der Waals surface area (Å²) >= 11 is 0. The van der Waals surface area contributed by atoms with Crippen molar-refractivity contribution in [3.63, 3.8) is 0 Å². The minimum Gasteiger partial charge on any atom is -0.480 e. The van der Waals surface area contributed by atoms with Gasteiger partial charge >= 0.3 is 5.97 Å². The average molecular weight is 227 g/mol. The summed E-state index contributed by atoms with van der Waals surface area (Å²) in [5.74, 6) is -0.637. The second kappa shape index (κ2) is 4.72. The molecule has 0 radical (unpaired) electrons. The van der Waals surface area contributed by atoms with Gasteiger partial charge in [0.2, 0.25) is 0 Å². The third-order valence-corrected chi connectivity index (χ3v) is 4.03. The second-order valence-electron chi connectivity index (χ2n) is 4.89. The van der Waals surface area contributed by atoms with Crippen LogP contribution >= 0.6 is 0 Å². The number of hydrogen-bond acceptors (Lipinski definition) is 3. The molecule has 1 aliphatic heterocycles. The second-order valence-corrected chi connectivity index (χ2v) is 4.89. The molecule has 2 aliphatic rings. The Morgan fingerprint density at radius 1 is 1.50 bits per heavy atom. The van der Waals surface area contributed by atoms with Crippen molar-refractivity contribution in [1.82, 2.24) is 4.90 Å². The Balaban J connectivity index is 2.11. The van der Waals surface area contributed by atoms with Gasteiger partial charge in [-0.2, -0.15) is 0 Å². The van der Waals surface area contributed by atoms with E-state index >= 15 is 0 Å². The fraction of sp³-hybridized carbons (Fsp3) is 0.917. The van der Waals surface area contributed by atoms with Gasteiger partial charge in [-0.3, -0.25) is 9.69 Å². The topological polar surface area (TPSA) is 49.8 Å². The summed E-state index contributed by atoms with van der Waals surface area (Å²) in [7, 11) is 0. The van der Waals surface area contributed by atoms with E-state index in [1.165, 1.54) is 0 Å². The average Bonchev–Trinajstić information content (AvgIpc) is 2.79. The van der Waals surface area contributed by atoms with Gasteiger partial charge in [-0.1, -0.05) is 19.8 Å². The number of ether oxygens (including phenoxy) is 1. The minimum absolute atomic E-state index is 0.213. The molecule has 1 aliphatic carbocycles. The fourth-order valence-electron chi connectivity index (χ4n) is 2.98. The molecule has 1 atom stereocenters. The molecule has 0 aromatic rings. The molecule has 0 aromatic heterocycles. The Labute approximate surface area is 96.6 Å². The molecule has 4 nitrogen and oxygen atoms in total. The Hall–Kier alpha value is -0.610. The van der Waals surface area contributed by atoms with Crippen molar-refractivity contribution in [2.24, 2.45) is 0 Å². The Bertz CT molecular complexity index is 261. The largest absolute Gasteiger partial charge is 0.480 e. The maximum Gasteiger partial charge on any atom is 0.324 e. The zero-order chi connectivity index (χ0) is 11.6. The molecule has 2 rings (SSSR count). The highest BCUT2D eigenvalue weighted by Crippen LogP contribution is 2.36. The summed E-state index contributed by atoms with van der Waals surface area (Å²) in [6, 6.07) is 0. The first kappa shape index (κ1) is 11.9. The van der Waals surface area contributed by atoms with Gasteiger partial charge in [0.25, 0.3) is 0 Å². The molecule has 4 heteroatoms. The number of carboxylic acid groups (broad SMARTS) is 1. The van der Waals surface area contributed by atoms with E-state index in [2.05, 4.69) is 11.8 Å². The maximum absolute atomic E-state index is 11.5. The van der Waals surface area contributed by atoms with E-state index in [1.807, 2.05) is 0 Å². The van der Waals surface area contributed by atoms with Gasteiger partial charge in [0.1, 0.15) is 5.54 Å². The number of carboxylic acids is 1. The van der Waals surface area contributed by atoms with Crippen LogP contribution in [0.3, 0.4) is 0 Å². The zero-order valence-electron chi connectivity index (χ0n) is 9.95. The molecule has 0 aromatic carbocycles. The lowest BCUT2D eigenvalue weighted by Gasteiger charge is -2.42. The van der Waals surface area contributed by atoms with Crippen LogP contribution in [0.25, 0.3) is 0 Å². The Kier molecular flexibility index (Phi) is 3.50. The van der Waals surface area contributed by atoms with Gasteiger partial charge in [0.05, 0.1) is 12.7 Å². The standard InChI is InChI=1S/C12H21NO3/c1-2-10-9-13(7-8-16-10)12(11(14)15)5-3-4-6-12/h10H,2-9H2,1H3,(H,14,15). The highest BCUT2D eigenvalue weighted by atomic mass is 16.5. The monoisotopic (exact) mass is 227 g/mol. The molecule has 1 unspecified atom stereocenters.